The van der Waals surface area contributed by atoms with Crippen molar-refractivity contribution in [3.63, 3.8) is 0 Å². The molecule has 0 radical (unpaired) electrons. The predicted molar refractivity (Wildman–Crippen MR) is 68.8 cm³/mol. The molecule has 2 rings (SSSR count). The van der Waals surface area contributed by atoms with Crippen molar-refractivity contribution in [3.8, 4) is 11.8 Å². The molecular weight excluding hydrogens is 234 g/mol. The summed E-state index contributed by atoms with van der Waals surface area (Å²) in [6.07, 6.45) is 1.12. The predicted octanol–water partition coefficient (Wildman–Crippen LogP) is 1.61. The first kappa shape index (κ1) is 12.6. The van der Waals surface area contributed by atoms with Gasteiger partial charge < -0.3 is 15.2 Å². The Bertz CT molecular complexity index is 399. The molecule has 1 aromatic rings. The molecule has 0 spiro atoms. The fraction of sp³-hybridized carbons (Fsp3) is 0.538. The lowest BCUT2D eigenvalue weighted by Crippen LogP contribution is -2.08. The molecule has 0 bridgehead atoms. The Morgan fingerprint density at radius 3 is 3.29 bits per heavy atom. The smallest absolute Gasteiger partial charge is 0.0809 e. The lowest BCUT2D eigenvalue weighted by molar-refractivity contribution is 0.0806. The highest BCUT2D eigenvalue weighted by Gasteiger charge is 2.15. The van der Waals surface area contributed by atoms with Crippen LogP contribution in [0, 0.1) is 17.8 Å². The minimum absolute atomic E-state index is 0.406. The van der Waals surface area contributed by atoms with Gasteiger partial charge in [-0.15, -0.1) is 11.3 Å². The largest absolute Gasteiger partial charge is 0.381 e. The quantitative estimate of drug-likeness (QED) is 0.827. The zero-order valence-electron chi connectivity index (χ0n) is 9.78. The maximum atomic E-state index is 5.68. The fourth-order valence-electron chi connectivity index (χ4n) is 1.72. The Hall–Kier alpha value is -0.860. The zero-order valence-corrected chi connectivity index (χ0v) is 10.6. The SMILES string of the molecule is NCC#Cc1csc(COCC2CCOC2)c1. The summed E-state index contributed by atoms with van der Waals surface area (Å²) >= 11 is 1.68. The van der Waals surface area contributed by atoms with Gasteiger partial charge in [-0.3, -0.25) is 0 Å². The van der Waals surface area contributed by atoms with Crippen LogP contribution < -0.4 is 5.73 Å². The average Bonchev–Trinajstić information content (AvgIpc) is 2.98. The van der Waals surface area contributed by atoms with Gasteiger partial charge in [-0.25, -0.2) is 0 Å². The van der Waals surface area contributed by atoms with Crippen LogP contribution in [0.5, 0.6) is 0 Å². The number of hydrogen-bond donors (Lipinski definition) is 1. The first-order valence-electron chi connectivity index (χ1n) is 5.80. The average molecular weight is 251 g/mol. The van der Waals surface area contributed by atoms with Gasteiger partial charge in [-0.05, 0) is 12.5 Å². The maximum absolute atomic E-state index is 5.68. The van der Waals surface area contributed by atoms with Crippen molar-refractivity contribution in [3.05, 3.63) is 21.9 Å². The first-order chi connectivity index (χ1) is 8.38. The van der Waals surface area contributed by atoms with E-state index in [2.05, 4.69) is 17.9 Å². The summed E-state index contributed by atoms with van der Waals surface area (Å²) in [5.74, 6) is 6.44. The van der Waals surface area contributed by atoms with E-state index in [4.69, 9.17) is 15.2 Å². The Kier molecular flexibility index (Phi) is 5.02. The van der Waals surface area contributed by atoms with Crippen LogP contribution in [0.3, 0.4) is 0 Å². The lowest BCUT2D eigenvalue weighted by Gasteiger charge is -2.07. The summed E-state index contributed by atoms with van der Waals surface area (Å²) in [5.41, 5.74) is 6.36. The number of ether oxygens (including phenoxy) is 2. The third-order valence-electron chi connectivity index (χ3n) is 2.61. The van der Waals surface area contributed by atoms with Crippen LogP contribution in [0.25, 0.3) is 0 Å². The molecule has 92 valence electrons. The highest BCUT2D eigenvalue weighted by Crippen LogP contribution is 2.17. The minimum atomic E-state index is 0.406. The van der Waals surface area contributed by atoms with Gasteiger partial charge in [0.15, 0.2) is 0 Å². The first-order valence-corrected chi connectivity index (χ1v) is 6.68. The molecule has 3 nitrogen and oxygen atoms in total. The van der Waals surface area contributed by atoms with Gasteiger partial charge in [-0.2, -0.15) is 0 Å². The van der Waals surface area contributed by atoms with Gasteiger partial charge in [0.1, 0.15) is 0 Å². The molecule has 0 saturated carbocycles. The summed E-state index contributed by atoms with van der Waals surface area (Å²) in [7, 11) is 0. The van der Waals surface area contributed by atoms with E-state index in [1.807, 2.05) is 5.38 Å². The molecule has 1 aromatic heterocycles. The molecule has 0 amide bonds. The number of nitrogens with two attached hydrogens (primary N) is 1. The van der Waals surface area contributed by atoms with Crippen LogP contribution in [-0.4, -0.2) is 26.4 Å². The molecule has 1 aliphatic heterocycles. The summed E-state index contributed by atoms with van der Waals surface area (Å²) in [4.78, 5) is 1.21. The molecule has 2 N–H and O–H groups in total. The zero-order chi connectivity index (χ0) is 11.9. The van der Waals surface area contributed by atoms with Gasteiger partial charge in [0.25, 0.3) is 0 Å². The van der Waals surface area contributed by atoms with Crippen LogP contribution in [0.4, 0.5) is 0 Å². The minimum Gasteiger partial charge on any atom is -0.381 e. The monoisotopic (exact) mass is 251 g/mol. The number of rotatable bonds is 4. The molecule has 2 heterocycles. The number of hydrogen-bond acceptors (Lipinski definition) is 4. The lowest BCUT2D eigenvalue weighted by atomic mass is 10.1. The molecule has 0 aromatic carbocycles. The van der Waals surface area contributed by atoms with E-state index >= 15 is 0 Å². The van der Waals surface area contributed by atoms with E-state index in [-0.39, 0.29) is 0 Å². The maximum Gasteiger partial charge on any atom is 0.0809 e. The fourth-order valence-corrected chi connectivity index (χ4v) is 2.47. The molecule has 1 aliphatic rings. The van der Waals surface area contributed by atoms with E-state index in [1.54, 1.807) is 11.3 Å². The summed E-state index contributed by atoms with van der Waals surface area (Å²) in [5, 5.41) is 2.04. The van der Waals surface area contributed by atoms with Gasteiger partial charge >= 0.3 is 0 Å². The highest BCUT2D eigenvalue weighted by atomic mass is 32.1. The third kappa shape index (κ3) is 4.14. The van der Waals surface area contributed by atoms with Crippen molar-refractivity contribution < 1.29 is 9.47 Å². The van der Waals surface area contributed by atoms with Crippen molar-refractivity contribution in [2.45, 2.75) is 13.0 Å². The van der Waals surface area contributed by atoms with E-state index in [1.165, 1.54) is 4.88 Å². The molecule has 4 heteroatoms. The Morgan fingerprint density at radius 2 is 2.53 bits per heavy atom. The molecule has 17 heavy (non-hydrogen) atoms. The highest BCUT2D eigenvalue weighted by molar-refractivity contribution is 7.10. The second-order valence-electron chi connectivity index (χ2n) is 4.05. The molecule has 1 saturated heterocycles. The van der Waals surface area contributed by atoms with Gasteiger partial charge in [-0.1, -0.05) is 11.8 Å². The summed E-state index contributed by atoms with van der Waals surface area (Å²) in [6.45, 7) is 3.60. The van der Waals surface area contributed by atoms with E-state index in [0.717, 1.165) is 31.8 Å². The topological polar surface area (TPSA) is 44.5 Å². The van der Waals surface area contributed by atoms with Crippen molar-refractivity contribution in [1.82, 2.24) is 0 Å². The van der Waals surface area contributed by atoms with Gasteiger partial charge in [0.2, 0.25) is 0 Å². The van der Waals surface area contributed by atoms with Crippen LogP contribution in [-0.2, 0) is 16.1 Å². The van der Waals surface area contributed by atoms with Crippen molar-refractivity contribution in [1.29, 1.82) is 0 Å². The standard InChI is InChI=1S/C13H17NO2S/c14-4-1-2-11-6-13(17-10-11)9-16-8-12-3-5-15-7-12/h6,10,12H,3-5,7-9,14H2. The van der Waals surface area contributed by atoms with E-state index < -0.39 is 0 Å². The van der Waals surface area contributed by atoms with Crippen molar-refractivity contribution in [2.24, 2.45) is 11.7 Å². The number of thiophene rings is 1. The molecular formula is C13H17NO2S. The Labute approximate surface area is 106 Å². The molecule has 1 fully saturated rings. The van der Waals surface area contributed by atoms with Crippen LogP contribution in [0.15, 0.2) is 11.4 Å². The Balaban J connectivity index is 1.73. The second-order valence-corrected chi connectivity index (χ2v) is 5.05. The van der Waals surface area contributed by atoms with Crippen LogP contribution >= 0.6 is 11.3 Å². The van der Waals surface area contributed by atoms with Gasteiger partial charge in [0.05, 0.1) is 26.4 Å². The van der Waals surface area contributed by atoms with Crippen LogP contribution in [0.2, 0.25) is 0 Å². The second kappa shape index (κ2) is 6.77. The molecule has 0 aliphatic carbocycles. The summed E-state index contributed by atoms with van der Waals surface area (Å²) in [6, 6.07) is 2.07. The third-order valence-corrected chi connectivity index (χ3v) is 3.52. The Morgan fingerprint density at radius 1 is 1.59 bits per heavy atom. The van der Waals surface area contributed by atoms with Crippen molar-refractivity contribution in [2.75, 3.05) is 26.4 Å². The van der Waals surface area contributed by atoms with Gasteiger partial charge in [0, 0.05) is 28.3 Å². The summed E-state index contributed by atoms with van der Waals surface area (Å²) < 4.78 is 11.0. The van der Waals surface area contributed by atoms with Crippen molar-refractivity contribution >= 4 is 11.3 Å². The van der Waals surface area contributed by atoms with E-state index in [9.17, 15) is 0 Å². The van der Waals surface area contributed by atoms with Crippen LogP contribution in [0.1, 0.15) is 16.9 Å². The van der Waals surface area contributed by atoms with E-state index in [0.29, 0.717) is 19.1 Å². The normalized spacial score (nSPS) is 19.0. The molecule has 1 atom stereocenters. The molecule has 1 unspecified atom stereocenters.